The molecule has 32 heavy (non-hydrogen) atoms. The van der Waals surface area contributed by atoms with Crippen LogP contribution < -0.4 is 14.8 Å². The number of amides is 1. The van der Waals surface area contributed by atoms with E-state index in [1.54, 1.807) is 30.3 Å². The van der Waals surface area contributed by atoms with E-state index in [0.29, 0.717) is 29.7 Å². The molecule has 1 amide bonds. The monoisotopic (exact) mass is 446 g/mol. The van der Waals surface area contributed by atoms with Gasteiger partial charge in [0.1, 0.15) is 29.7 Å². The van der Waals surface area contributed by atoms with Crippen molar-refractivity contribution in [1.82, 2.24) is 0 Å². The maximum Gasteiger partial charge on any atom is 0.266 e. The number of hydrogen-bond acceptors (Lipinski definition) is 4. The third kappa shape index (κ3) is 6.90. The fraction of sp³-hybridized carbons (Fsp3) is 0.154. The summed E-state index contributed by atoms with van der Waals surface area (Å²) >= 11 is 5.88. The fourth-order valence-electron chi connectivity index (χ4n) is 2.78. The first-order chi connectivity index (χ1) is 15.6. The highest BCUT2D eigenvalue weighted by molar-refractivity contribution is 6.30. The van der Waals surface area contributed by atoms with Gasteiger partial charge in [-0.1, -0.05) is 42.8 Å². The summed E-state index contributed by atoms with van der Waals surface area (Å²) in [5, 5.41) is 12.8. The zero-order valence-corrected chi connectivity index (χ0v) is 18.4. The lowest BCUT2D eigenvalue weighted by Crippen LogP contribution is -2.13. The lowest BCUT2D eigenvalue weighted by atomic mass is 10.1. The molecule has 0 aromatic heterocycles. The second-order valence-corrected chi connectivity index (χ2v) is 7.42. The van der Waals surface area contributed by atoms with Crippen molar-refractivity contribution < 1.29 is 14.3 Å². The van der Waals surface area contributed by atoms with Gasteiger partial charge >= 0.3 is 0 Å². The van der Waals surface area contributed by atoms with Crippen molar-refractivity contribution in [3.8, 4) is 17.6 Å². The third-order valence-electron chi connectivity index (χ3n) is 4.46. The summed E-state index contributed by atoms with van der Waals surface area (Å²) in [5.41, 5.74) is 2.32. The molecular formula is C26H23ClN2O3. The van der Waals surface area contributed by atoms with E-state index in [9.17, 15) is 10.1 Å². The zero-order valence-electron chi connectivity index (χ0n) is 17.7. The largest absolute Gasteiger partial charge is 0.494 e. The van der Waals surface area contributed by atoms with Gasteiger partial charge < -0.3 is 14.8 Å². The van der Waals surface area contributed by atoms with Crippen LogP contribution in [-0.4, -0.2) is 12.5 Å². The quantitative estimate of drug-likeness (QED) is 0.311. The fourth-order valence-corrected chi connectivity index (χ4v) is 2.90. The molecule has 0 atom stereocenters. The van der Waals surface area contributed by atoms with Gasteiger partial charge in [-0.05, 0) is 72.2 Å². The number of halogens is 1. The van der Waals surface area contributed by atoms with Crippen LogP contribution in [0.25, 0.3) is 6.08 Å². The molecule has 0 saturated carbocycles. The first-order valence-electron chi connectivity index (χ1n) is 10.2. The van der Waals surface area contributed by atoms with Crippen molar-refractivity contribution in [3.63, 3.8) is 0 Å². The molecule has 0 spiro atoms. The number of rotatable bonds is 9. The van der Waals surface area contributed by atoms with Crippen LogP contribution in [0.1, 0.15) is 24.5 Å². The minimum Gasteiger partial charge on any atom is -0.494 e. The van der Waals surface area contributed by atoms with E-state index >= 15 is 0 Å². The number of nitriles is 1. The number of nitrogens with one attached hydrogen (secondary N) is 1. The Kier molecular flexibility index (Phi) is 8.30. The minimum absolute atomic E-state index is 0.00953. The zero-order chi connectivity index (χ0) is 22.8. The molecule has 0 aliphatic heterocycles. The molecule has 0 aliphatic carbocycles. The molecule has 0 radical (unpaired) electrons. The standard InChI is InChI=1S/C26H23ClN2O3/c1-2-15-31-24-11-5-19(6-12-24)16-21(17-28)26(30)29-23-9-13-25(14-10-23)32-18-20-3-7-22(27)8-4-20/h3-14,16H,2,15,18H2,1H3,(H,29,30)/b21-16+. The topological polar surface area (TPSA) is 71.3 Å². The number of nitrogens with zero attached hydrogens (tertiary/aromatic N) is 1. The van der Waals surface area contributed by atoms with Crippen molar-refractivity contribution in [1.29, 1.82) is 5.26 Å². The summed E-state index contributed by atoms with van der Waals surface area (Å²) < 4.78 is 11.3. The number of anilines is 1. The Hall–Kier alpha value is -3.75. The Bertz CT molecular complexity index is 1100. The second-order valence-electron chi connectivity index (χ2n) is 6.98. The Morgan fingerprint density at radius 1 is 0.969 bits per heavy atom. The smallest absolute Gasteiger partial charge is 0.266 e. The molecule has 5 nitrogen and oxygen atoms in total. The summed E-state index contributed by atoms with van der Waals surface area (Å²) in [6.45, 7) is 3.09. The van der Waals surface area contributed by atoms with E-state index in [2.05, 4.69) is 5.32 Å². The lowest BCUT2D eigenvalue weighted by Gasteiger charge is -2.09. The van der Waals surface area contributed by atoms with Gasteiger partial charge in [-0.2, -0.15) is 5.26 Å². The van der Waals surface area contributed by atoms with Crippen molar-refractivity contribution in [3.05, 3.63) is 94.5 Å². The molecule has 0 fully saturated rings. The number of hydrogen-bond donors (Lipinski definition) is 1. The first-order valence-corrected chi connectivity index (χ1v) is 10.6. The van der Waals surface area contributed by atoms with Crippen LogP contribution in [0.4, 0.5) is 5.69 Å². The SMILES string of the molecule is CCCOc1ccc(/C=C(\C#N)C(=O)Nc2ccc(OCc3ccc(Cl)cc3)cc2)cc1. The molecule has 0 heterocycles. The molecule has 0 bridgehead atoms. The van der Waals surface area contributed by atoms with E-state index < -0.39 is 5.91 Å². The van der Waals surface area contributed by atoms with Crippen LogP contribution in [0, 0.1) is 11.3 Å². The van der Waals surface area contributed by atoms with Gasteiger partial charge in [0.25, 0.3) is 5.91 Å². The van der Waals surface area contributed by atoms with E-state index in [1.165, 1.54) is 0 Å². The Labute approximate surface area is 192 Å². The molecule has 3 aromatic rings. The highest BCUT2D eigenvalue weighted by Crippen LogP contribution is 2.19. The molecule has 0 aliphatic rings. The van der Waals surface area contributed by atoms with Gasteiger partial charge in [0.05, 0.1) is 6.61 Å². The van der Waals surface area contributed by atoms with E-state index in [0.717, 1.165) is 23.3 Å². The number of benzene rings is 3. The first kappa shape index (κ1) is 22.9. The molecule has 162 valence electrons. The third-order valence-corrected chi connectivity index (χ3v) is 4.71. The average Bonchev–Trinajstić information content (AvgIpc) is 2.82. The van der Waals surface area contributed by atoms with Crippen LogP contribution in [0.5, 0.6) is 11.5 Å². The predicted molar refractivity (Wildman–Crippen MR) is 127 cm³/mol. The molecule has 1 N–H and O–H groups in total. The van der Waals surface area contributed by atoms with Gasteiger partial charge in [0.2, 0.25) is 0 Å². The summed E-state index contributed by atoms with van der Waals surface area (Å²) in [5.74, 6) is 0.943. The van der Waals surface area contributed by atoms with Gasteiger partial charge in [-0.25, -0.2) is 0 Å². The van der Waals surface area contributed by atoms with Crippen LogP contribution >= 0.6 is 11.6 Å². The van der Waals surface area contributed by atoms with Gasteiger partial charge in [0.15, 0.2) is 0 Å². The molecule has 0 unspecified atom stereocenters. The maximum atomic E-state index is 12.5. The average molecular weight is 447 g/mol. The Morgan fingerprint density at radius 3 is 2.22 bits per heavy atom. The van der Waals surface area contributed by atoms with Gasteiger partial charge in [0, 0.05) is 10.7 Å². The molecule has 0 saturated heterocycles. The summed E-state index contributed by atoms with van der Waals surface area (Å²) in [6.07, 6.45) is 2.47. The molecule has 3 aromatic carbocycles. The normalized spacial score (nSPS) is 10.8. The van der Waals surface area contributed by atoms with Crippen LogP contribution in [-0.2, 0) is 11.4 Å². The van der Waals surface area contributed by atoms with Crippen molar-refractivity contribution in [2.75, 3.05) is 11.9 Å². The molecule has 6 heteroatoms. The lowest BCUT2D eigenvalue weighted by molar-refractivity contribution is -0.112. The van der Waals surface area contributed by atoms with E-state index in [-0.39, 0.29) is 5.57 Å². The Morgan fingerprint density at radius 2 is 1.59 bits per heavy atom. The number of carbonyl (C=O) groups is 1. The molecule has 3 rings (SSSR count). The number of ether oxygens (including phenoxy) is 2. The number of carbonyl (C=O) groups excluding carboxylic acids is 1. The van der Waals surface area contributed by atoms with E-state index in [4.69, 9.17) is 21.1 Å². The van der Waals surface area contributed by atoms with Gasteiger partial charge in [-0.3, -0.25) is 4.79 Å². The minimum atomic E-state index is -0.478. The van der Waals surface area contributed by atoms with Crippen LogP contribution in [0.2, 0.25) is 5.02 Å². The summed E-state index contributed by atoms with van der Waals surface area (Å²) in [7, 11) is 0. The highest BCUT2D eigenvalue weighted by atomic mass is 35.5. The molecular weight excluding hydrogens is 424 g/mol. The highest BCUT2D eigenvalue weighted by Gasteiger charge is 2.10. The van der Waals surface area contributed by atoms with Gasteiger partial charge in [-0.15, -0.1) is 0 Å². The van der Waals surface area contributed by atoms with Crippen molar-refractivity contribution in [2.24, 2.45) is 0 Å². The van der Waals surface area contributed by atoms with Crippen molar-refractivity contribution in [2.45, 2.75) is 20.0 Å². The predicted octanol–water partition coefficient (Wildman–Crippen LogP) is 6.25. The van der Waals surface area contributed by atoms with Crippen LogP contribution in [0.3, 0.4) is 0 Å². The Balaban J connectivity index is 1.58. The van der Waals surface area contributed by atoms with Crippen LogP contribution in [0.15, 0.2) is 78.4 Å². The summed E-state index contributed by atoms with van der Waals surface area (Å²) in [4.78, 5) is 12.5. The van der Waals surface area contributed by atoms with Crippen molar-refractivity contribution >= 4 is 29.3 Å². The summed E-state index contributed by atoms with van der Waals surface area (Å²) in [6, 6.07) is 23.6. The van der Waals surface area contributed by atoms with E-state index in [1.807, 2.05) is 61.5 Å². The second kappa shape index (κ2) is 11.6. The maximum absolute atomic E-state index is 12.5.